The third-order valence-corrected chi connectivity index (χ3v) is 5.49. The molecule has 1 N–H and O–H groups in total. The molecular weight excluding hydrogens is 306 g/mol. The molecule has 0 radical (unpaired) electrons. The monoisotopic (exact) mass is 325 g/mol. The van der Waals surface area contributed by atoms with Gasteiger partial charge in [0.25, 0.3) is 0 Å². The van der Waals surface area contributed by atoms with Crippen LogP contribution in [0.25, 0.3) is 0 Å². The number of sulfone groups is 1. The molecule has 1 fully saturated rings. The van der Waals surface area contributed by atoms with Gasteiger partial charge in [0, 0.05) is 10.9 Å². The summed E-state index contributed by atoms with van der Waals surface area (Å²) >= 11 is 3.41. The number of rotatable bonds is 4. The molecule has 3 atom stereocenters. The Balaban J connectivity index is 2.57. The number of alkyl halides is 1. The molecule has 1 heterocycles. The van der Waals surface area contributed by atoms with Crippen LogP contribution in [0.2, 0.25) is 0 Å². The zero-order valence-electron chi connectivity index (χ0n) is 10.3. The van der Waals surface area contributed by atoms with Crippen LogP contribution in [0.3, 0.4) is 0 Å². The molecule has 0 bridgehead atoms. The molecule has 3 unspecified atom stereocenters. The van der Waals surface area contributed by atoms with Gasteiger partial charge in [0.15, 0.2) is 9.84 Å². The molecule has 1 amide bonds. The van der Waals surface area contributed by atoms with Crippen molar-refractivity contribution in [2.75, 3.05) is 5.75 Å². The van der Waals surface area contributed by atoms with Crippen molar-refractivity contribution in [3.63, 3.8) is 0 Å². The molecule has 0 saturated carbocycles. The lowest BCUT2D eigenvalue weighted by Gasteiger charge is -2.23. The van der Waals surface area contributed by atoms with Gasteiger partial charge in [-0.05, 0) is 26.2 Å². The van der Waals surface area contributed by atoms with Crippen LogP contribution in [-0.4, -0.2) is 36.2 Å². The molecule has 6 heteroatoms. The van der Waals surface area contributed by atoms with Gasteiger partial charge in [-0.25, -0.2) is 8.42 Å². The first-order valence-electron chi connectivity index (χ1n) is 5.99. The summed E-state index contributed by atoms with van der Waals surface area (Å²) in [5.41, 5.74) is 0. The van der Waals surface area contributed by atoms with Crippen LogP contribution >= 0.6 is 15.9 Å². The Morgan fingerprint density at radius 1 is 1.41 bits per heavy atom. The van der Waals surface area contributed by atoms with Gasteiger partial charge >= 0.3 is 0 Å². The van der Waals surface area contributed by atoms with E-state index in [1.807, 2.05) is 13.8 Å². The highest BCUT2D eigenvalue weighted by Gasteiger charge is 2.35. The molecule has 0 aliphatic carbocycles. The SMILES string of the molecule is CC(Br)CC(C)NC(=O)C1CCCCS1(=O)=O. The standard InChI is InChI=1S/C11H20BrNO3S/c1-8(12)7-9(2)13-11(14)10-5-3-4-6-17(10,15)16/h8-10H,3-7H2,1-2H3,(H,13,14). The zero-order chi connectivity index (χ0) is 13.1. The predicted octanol–water partition coefficient (Wildman–Crippen LogP) is 1.63. The Kier molecular flexibility index (Phi) is 5.44. The van der Waals surface area contributed by atoms with Crippen molar-refractivity contribution < 1.29 is 13.2 Å². The van der Waals surface area contributed by atoms with Gasteiger partial charge in [-0.3, -0.25) is 4.79 Å². The van der Waals surface area contributed by atoms with Crippen molar-refractivity contribution in [2.24, 2.45) is 0 Å². The average molecular weight is 326 g/mol. The Hall–Kier alpha value is -0.100. The maximum atomic E-state index is 11.9. The van der Waals surface area contributed by atoms with Crippen molar-refractivity contribution in [1.82, 2.24) is 5.32 Å². The maximum absolute atomic E-state index is 11.9. The minimum atomic E-state index is -3.22. The molecule has 0 aromatic carbocycles. The first-order chi connectivity index (χ1) is 7.83. The number of halogens is 1. The van der Waals surface area contributed by atoms with Gasteiger partial charge in [0.2, 0.25) is 5.91 Å². The maximum Gasteiger partial charge on any atom is 0.238 e. The van der Waals surface area contributed by atoms with Crippen molar-refractivity contribution >= 4 is 31.7 Å². The van der Waals surface area contributed by atoms with Crippen molar-refractivity contribution in [3.8, 4) is 0 Å². The Bertz CT molecular complexity index is 367. The van der Waals surface area contributed by atoms with E-state index in [9.17, 15) is 13.2 Å². The molecule has 0 aromatic rings. The first kappa shape index (κ1) is 15.0. The van der Waals surface area contributed by atoms with Crippen LogP contribution in [0, 0.1) is 0 Å². The second kappa shape index (κ2) is 6.18. The number of amides is 1. The molecule has 100 valence electrons. The number of nitrogens with one attached hydrogen (secondary N) is 1. The zero-order valence-corrected chi connectivity index (χ0v) is 12.7. The molecule has 0 aromatic heterocycles. The molecule has 4 nitrogen and oxygen atoms in total. The van der Waals surface area contributed by atoms with E-state index in [0.29, 0.717) is 17.7 Å². The quantitative estimate of drug-likeness (QED) is 0.799. The van der Waals surface area contributed by atoms with E-state index in [4.69, 9.17) is 0 Å². The summed E-state index contributed by atoms with van der Waals surface area (Å²) in [5.74, 6) is -0.181. The van der Waals surface area contributed by atoms with Crippen molar-refractivity contribution in [2.45, 2.75) is 55.6 Å². The van der Waals surface area contributed by atoms with Gasteiger partial charge in [-0.2, -0.15) is 0 Å². The van der Waals surface area contributed by atoms with E-state index in [1.165, 1.54) is 0 Å². The summed E-state index contributed by atoms with van der Waals surface area (Å²) in [4.78, 5) is 12.2. The minimum Gasteiger partial charge on any atom is -0.352 e. The molecule has 0 spiro atoms. The fraction of sp³-hybridized carbons (Fsp3) is 0.909. The van der Waals surface area contributed by atoms with Crippen molar-refractivity contribution in [3.05, 3.63) is 0 Å². The molecule has 1 aliphatic heterocycles. The topological polar surface area (TPSA) is 63.2 Å². The predicted molar refractivity (Wildman–Crippen MR) is 72.0 cm³/mol. The number of hydrogen-bond acceptors (Lipinski definition) is 3. The van der Waals surface area contributed by atoms with E-state index in [0.717, 1.165) is 12.8 Å². The van der Waals surface area contributed by atoms with E-state index in [2.05, 4.69) is 21.2 Å². The first-order valence-corrected chi connectivity index (χ1v) is 8.62. The summed E-state index contributed by atoms with van der Waals surface area (Å²) in [5, 5.41) is 1.96. The van der Waals surface area contributed by atoms with Crippen LogP contribution in [0.15, 0.2) is 0 Å². The van der Waals surface area contributed by atoms with E-state index < -0.39 is 15.1 Å². The fourth-order valence-electron chi connectivity index (χ4n) is 2.13. The normalized spacial score (nSPS) is 27.1. The highest BCUT2D eigenvalue weighted by molar-refractivity contribution is 9.09. The third-order valence-electron chi connectivity index (χ3n) is 2.94. The summed E-state index contributed by atoms with van der Waals surface area (Å²) in [6.07, 6.45) is 2.75. The molecule has 1 saturated heterocycles. The number of carbonyl (C=O) groups excluding carboxylic acids is 1. The van der Waals surface area contributed by atoms with E-state index >= 15 is 0 Å². The summed E-state index contributed by atoms with van der Waals surface area (Å²) in [6, 6.07) is -0.00555. The number of carbonyl (C=O) groups is 1. The van der Waals surface area contributed by atoms with Gasteiger partial charge in [-0.15, -0.1) is 0 Å². The van der Waals surface area contributed by atoms with Crippen LogP contribution in [0.5, 0.6) is 0 Å². The number of hydrogen-bond donors (Lipinski definition) is 1. The summed E-state index contributed by atoms with van der Waals surface area (Å²) < 4.78 is 23.5. The van der Waals surface area contributed by atoms with Gasteiger partial charge < -0.3 is 5.32 Å². The lowest BCUT2D eigenvalue weighted by atomic mass is 10.1. The second-order valence-electron chi connectivity index (χ2n) is 4.78. The molecular formula is C11H20BrNO3S. The van der Waals surface area contributed by atoms with Crippen LogP contribution in [0.4, 0.5) is 0 Å². The average Bonchev–Trinajstić information content (AvgIpc) is 2.14. The fourth-order valence-corrected chi connectivity index (χ4v) is 4.50. The van der Waals surface area contributed by atoms with Gasteiger partial charge in [0.05, 0.1) is 5.75 Å². The van der Waals surface area contributed by atoms with Crippen LogP contribution in [-0.2, 0) is 14.6 Å². The smallest absolute Gasteiger partial charge is 0.238 e. The Morgan fingerprint density at radius 2 is 2.06 bits per heavy atom. The minimum absolute atomic E-state index is 0.00555. The lowest BCUT2D eigenvalue weighted by molar-refractivity contribution is -0.121. The highest BCUT2D eigenvalue weighted by atomic mass is 79.9. The van der Waals surface area contributed by atoms with Crippen LogP contribution < -0.4 is 5.32 Å². The second-order valence-corrected chi connectivity index (χ2v) is 8.64. The van der Waals surface area contributed by atoms with E-state index in [-0.39, 0.29) is 17.7 Å². The summed E-state index contributed by atoms with van der Waals surface area (Å²) in [7, 11) is -3.22. The molecule has 1 rings (SSSR count). The molecule has 17 heavy (non-hydrogen) atoms. The van der Waals surface area contributed by atoms with Gasteiger partial charge in [-0.1, -0.05) is 29.3 Å². The molecule has 1 aliphatic rings. The summed E-state index contributed by atoms with van der Waals surface area (Å²) in [6.45, 7) is 3.89. The highest BCUT2D eigenvalue weighted by Crippen LogP contribution is 2.20. The third kappa shape index (κ3) is 4.58. The Labute approximate surface area is 112 Å². The van der Waals surface area contributed by atoms with Crippen molar-refractivity contribution in [1.29, 1.82) is 0 Å². The Morgan fingerprint density at radius 3 is 2.59 bits per heavy atom. The largest absolute Gasteiger partial charge is 0.352 e. The van der Waals surface area contributed by atoms with E-state index in [1.54, 1.807) is 0 Å². The van der Waals surface area contributed by atoms with Gasteiger partial charge in [0.1, 0.15) is 5.25 Å². The van der Waals surface area contributed by atoms with Crippen LogP contribution in [0.1, 0.15) is 39.5 Å². The lowest BCUT2D eigenvalue weighted by Crippen LogP contribution is -2.46.